The fraction of sp³-hybridized carbons (Fsp3) is 0.583. The van der Waals surface area contributed by atoms with Crippen LogP contribution in [-0.4, -0.2) is 22.5 Å². The van der Waals surface area contributed by atoms with Gasteiger partial charge in [-0.1, -0.05) is 6.07 Å². The first kappa shape index (κ1) is 11.1. The van der Waals surface area contributed by atoms with Gasteiger partial charge >= 0.3 is 0 Å². The molecular formula is C12H17BrN2. The Hall–Kier alpha value is -0.410. The highest BCUT2D eigenvalue weighted by molar-refractivity contribution is 9.10. The van der Waals surface area contributed by atoms with E-state index in [4.69, 9.17) is 0 Å². The SMILES string of the molecule is CC(C)N1CCC[C@@H]1c1cccnc1Br. The summed E-state index contributed by atoms with van der Waals surface area (Å²) in [7, 11) is 0. The van der Waals surface area contributed by atoms with Crippen LogP contribution in [0.25, 0.3) is 0 Å². The van der Waals surface area contributed by atoms with Crippen LogP contribution in [0.4, 0.5) is 0 Å². The summed E-state index contributed by atoms with van der Waals surface area (Å²) >= 11 is 3.55. The van der Waals surface area contributed by atoms with Gasteiger partial charge in [0.25, 0.3) is 0 Å². The van der Waals surface area contributed by atoms with Crippen molar-refractivity contribution in [2.24, 2.45) is 0 Å². The fourth-order valence-electron chi connectivity index (χ4n) is 2.39. The molecule has 2 heterocycles. The maximum atomic E-state index is 4.31. The number of pyridine rings is 1. The molecule has 1 aromatic heterocycles. The molecule has 0 aliphatic carbocycles. The molecule has 1 fully saturated rings. The average Bonchev–Trinajstić information content (AvgIpc) is 2.67. The third-order valence-electron chi connectivity index (χ3n) is 3.10. The highest BCUT2D eigenvalue weighted by Gasteiger charge is 2.29. The molecular weight excluding hydrogens is 252 g/mol. The zero-order chi connectivity index (χ0) is 10.8. The molecule has 2 rings (SSSR count). The third-order valence-corrected chi connectivity index (χ3v) is 3.77. The van der Waals surface area contributed by atoms with Gasteiger partial charge in [0.05, 0.1) is 0 Å². The molecule has 1 aliphatic heterocycles. The summed E-state index contributed by atoms with van der Waals surface area (Å²) in [5, 5.41) is 0. The van der Waals surface area contributed by atoms with Crippen LogP contribution in [0.1, 0.15) is 38.3 Å². The zero-order valence-corrected chi connectivity index (χ0v) is 10.9. The second kappa shape index (κ2) is 4.62. The van der Waals surface area contributed by atoms with Crippen LogP contribution in [0.5, 0.6) is 0 Å². The zero-order valence-electron chi connectivity index (χ0n) is 9.28. The first-order chi connectivity index (χ1) is 7.20. The number of aromatic nitrogens is 1. The van der Waals surface area contributed by atoms with E-state index in [9.17, 15) is 0 Å². The van der Waals surface area contributed by atoms with E-state index < -0.39 is 0 Å². The van der Waals surface area contributed by atoms with Crippen molar-refractivity contribution < 1.29 is 0 Å². The molecule has 0 saturated carbocycles. The van der Waals surface area contributed by atoms with Crippen LogP contribution in [0, 0.1) is 0 Å². The minimum Gasteiger partial charge on any atom is -0.294 e. The Labute approximate surface area is 99.8 Å². The van der Waals surface area contributed by atoms with Crippen molar-refractivity contribution in [3.8, 4) is 0 Å². The van der Waals surface area contributed by atoms with Gasteiger partial charge in [0.15, 0.2) is 0 Å². The molecule has 1 atom stereocenters. The standard InChI is InChI=1S/C12H17BrN2/c1-9(2)15-8-4-6-11(15)10-5-3-7-14-12(10)13/h3,5,7,9,11H,4,6,8H2,1-2H3/t11-/m1/s1. The summed E-state index contributed by atoms with van der Waals surface area (Å²) < 4.78 is 1.00. The van der Waals surface area contributed by atoms with Gasteiger partial charge in [-0.05, 0) is 55.2 Å². The van der Waals surface area contributed by atoms with Crippen molar-refractivity contribution in [2.45, 2.75) is 38.8 Å². The van der Waals surface area contributed by atoms with Crippen LogP contribution in [0.15, 0.2) is 22.9 Å². The van der Waals surface area contributed by atoms with Crippen molar-refractivity contribution in [3.63, 3.8) is 0 Å². The molecule has 0 N–H and O–H groups in total. The Kier molecular flexibility index (Phi) is 3.42. The summed E-state index contributed by atoms with van der Waals surface area (Å²) in [6.45, 7) is 5.74. The minimum atomic E-state index is 0.549. The summed E-state index contributed by atoms with van der Waals surface area (Å²) in [5.74, 6) is 0. The van der Waals surface area contributed by atoms with Crippen molar-refractivity contribution in [1.29, 1.82) is 0 Å². The molecule has 0 bridgehead atoms. The summed E-state index contributed by atoms with van der Waals surface area (Å²) in [5.41, 5.74) is 1.34. The van der Waals surface area contributed by atoms with Crippen LogP contribution in [0.3, 0.4) is 0 Å². The maximum absolute atomic E-state index is 4.31. The van der Waals surface area contributed by atoms with Gasteiger partial charge in [-0.3, -0.25) is 4.90 Å². The molecule has 0 aromatic carbocycles. The van der Waals surface area contributed by atoms with E-state index in [0.717, 1.165) is 4.60 Å². The lowest BCUT2D eigenvalue weighted by Crippen LogP contribution is -2.30. The Balaban J connectivity index is 2.27. The van der Waals surface area contributed by atoms with E-state index in [2.05, 4.69) is 45.7 Å². The minimum absolute atomic E-state index is 0.549. The first-order valence-corrected chi connectivity index (χ1v) is 6.35. The Morgan fingerprint density at radius 3 is 3.00 bits per heavy atom. The Morgan fingerprint density at radius 2 is 2.33 bits per heavy atom. The number of rotatable bonds is 2. The van der Waals surface area contributed by atoms with Gasteiger partial charge in [0.2, 0.25) is 0 Å². The van der Waals surface area contributed by atoms with Gasteiger partial charge in [0.1, 0.15) is 4.60 Å². The third kappa shape index (κ3) is 2.23. The predicted molar refractivity (Wildman–Crippen MR) is 65.8 cm³/mol. The quantitative estimate of drug-likeness (QED) is 0.765. The first-order valence-electron chi connectivity index (χ1n) is 5.56. The number of hydrogen-bond donors (Lipinski definition) is 0. The monoisotopic (exact) mass is 268 g/mol. The van der Waals surface area contributed by atoms with Crippen LogP contribution in [-0.2, 0) is 0 Å². The van der Waals surface area contributed by atoms with E-state index in [0.29, 0.717) is 12.1 Å². The van der Waals surface area contributed by atoms with Gasteiger partial charge in [-0.25, -0.2) is 4.98 Å². The lowest BCUT2D eigenvalue weighted by Gasteiger charge is -2.28. The highest BCUT2D eigenvalue weighted by atomic mass is 79.9. The van der Waals surface area contributed by atoms with Crippen molar-refractivity contribution >= 4 is 15.9 Å². The van der Waals surface area contributed by atoms with Crippen molar-refractivity contribution in [1.82, 2.24) is 9.88 Å². The Bertz CT molecular complexity index is 338. The van der Waals surface area contributed by atoms with Gasteiger partial charge in [-0.2, -0.15) is 0 Å². The van der Waals surface area contributed by atoms with Crippen LogP contribution in [0.2, 0.25) is 0 Å². The lowest BCUT2D eigenvalue weighted by atomic mass is 10.1. The summed E-state index contributed by atoms with van der Waals surface area (Å²) in [4.78, 5) is 6.86. The molecule has 82 valence electrons. The Morgan fingerprint density at radius 1 is 1.53 bits per heavy atom. The van der Waals surface area contributed by atoms with E-state index >= 15 is 0 Å². The fourth-order valence-corrected chi connectivity index (χ4v) is 2.90. The van der Waals surface area contributed by atoms with Crippen LogP contribution < -0.4 is 0 Å². The molecule has 0 radical (unpaired) electrons. The molecule has 2 nitrogen and oxygen atoms in total. The van der Waals surface area contributed by atoms with Crippen molar-refractivity contribution in [2.75, 3.05) is 6.54 Å². The highest BCUT2D eigenvalue weighted by Crippen LogP contribution is 2.35. The second-order valence-corrected chi connectivity index (χ2v) is 5.12. The molecule has 0 amide bonds. The van der Waals surface area contributed by atoms with E-state index in [-0.39, 0.29) is 0 Å². The smallest absolute Gasteiger partial charge is 0.110 e. The van der Waals surface area contributed by atoms with Gasteiger partial charge in [0, 0.05) is 23.8 Å². The molecule has 1 aliphatic rings. The van der Waals surface area contributed by atoms with E-state index in [1.165, 1.54) is 24.9 Å². The molecule has 3 heteroatoms. The lowest BCUT2D eigenvalue weighted by molar-refractivity contribution is 0.204. The molecule has 15 heavy (non-hydrogen) atoms. The summed E-state index contributed by atoms with van der Waals surface area (Å²) in [6.07, 6.45) is 4.38. The molecule has 0 unspecified atom stereocenters. The van der Waals surface area contributed by atoms with Crippen LogP contribution >= 0.6 is 15.9 Å². The molecule has 1 aromatic rings. The number of halogens is 1. The van der Waals surface area contributed by atoms with Crippen molar-refractivity contribution in [3.05, 3.63) is 28.5 Å². The average molecular weight is 269 g/mol. The van der Waals surface area contributed by atoms with E-state index in [1.807, 2.05) is 12.3 Å². The molecule has 0 spiro atoms. The number of nitrogens with zero attached hydrogens (tertiary/aromatic N) is 2. The number of likely N-dealkylation sites (tertiary alicyclic amines) is 1. The largest absolute Gasteiger partial charge is 0.294 e. The topological polar surface area (TPSA) is 16.1 Å². The molecule has 1 saturated heterocycles. The van der Waals surface area contributed by atoms with Gasteiger partial charge < -0.3 is 0 Å². The number of hydrogen-bond acceptors (Lipinski definition) is 2. The maximum Gasteiger partial charge on any atom is 0.110 e. The van der Waals surface area contributed by atoms with E-state index in [1.54, 1.807) is 0 Å². The second-order valence-electron chi connectivity index (χ2n) is 4.37. The normalized spacial score (nSPS) is 22.5. The van der Waals surface area contributed by atoms with Gasteiger partial charge in [-0.15, -0.1) is 0 Å². The predicted octanol–water partition coefficient (Wildman–Crippen LogP) is 3.39. The summed E-state index contributed by atoms with van der Waals surface area (Å²) in [6, 6.07) is 5.37.